The van der Waals surface area contributed by atoms with Gasteiger partial charge in [-0.05, 0) is 87.9 Å². The normalized spacial score (nSPS) is 32.2. The average Bonchev–Trinajstić information content (AvgIpc) is 3.26. The van der Waals surface area contributed by atoms with Gasteiger partial charge in [-0.3, -0.25) is 0 Å². The third kappa shape index (κ3) is 3.22. The molecule has 1 aromatic carbocycles. The van der Waals surface area contributed by atoms with Gasteiger partial charge in [0.25, 0.3) is 0 Å². The van der Waals surface area contributed by atoms with Gasteiger partial charge in [0.05, 0.1) is 6.10 Å². The van der Waals surface area contributed by atoms with Gasteiger partial charge in [-0.15, -0.1) is 0 Å². The highest BCUT2D eigenvalue weighted by molar-refractivity contribution is 5.36. The molecule has 0 amide bonds. The van der Waals surface area contributed by atoms with Crippen molar-refractivity contribution in [2.45, 2.75) is 76.9 Å². The monoisotopic (exact) mass is 327 g/mol. The standard InChI is InChI=1S/C22H33NO/c1-3-16(2)24-22-7-5-4-6-20(22)18-10-12-23(13-11-18)21-15-17-8-9-19(21)14-17/h4-7,16-19,21H,3,8-15H2,1-2H3/t16?,17-,19-,21-/m0/s1. The minimum absolute atomic E-state index is 0.306. The quantitative estimate of drug-likeness (QED) is 0.734. The van der Waals surface area contributed by atoms with Gasteiger partial charge in [-0.1, -0.05) is 31.5 Å². The Morgan fingerprint density at radius 3 is 2.54 bits per heavy atom. The molecule has 2 heteroatoms. The minimum atomic E-state index is 0.306. The molecule has 0 aromatic heterocycles. The molecule has 2 saturated carbocycles. The first-order chi connectivity index (χ1) is 11.7. The van der Waals surface area contributed by atoms with Crippen LogP contribution in [-0.4, -0.2) is 30.1 Å². The lowest BCUT2D eigenvalue weighted by atomic mass is 9.86. The molecule has 24 heavy (non-hydrogen) atoms. The van der Waals surface area contributed by atoms with Crippen molar-refractivity contribution < 1.29 is 4.74 Å². The zero-order chi connectivity index (χ0) is 16.5. The first-order valence-corrected chi connectivity index (χ1v) is 10.2. The van der Waals surface area contributed by atoms with Crippen molar-refractivity contribution >= 4 is 0 Å². The smallest absolute Gasteiger partial charge is 0.123 e. The summed E-state index contributed by atoms with van der Waals surface area (Å²) in [6.07, 6.45) is 10.00. The largest absolute Gasteiger partial charge is 0.490 e. The molecule has 1 unspecified atom stereocenters. The lowest BCUT2D eigenvalue weighted by Gasteiger charge is -2.40. The summed E-state index contributed by atoms with van der Waals surface area (Å²) in [7, 11) is 0. The predicted octanol–water partition coefficient (Wildman–Crippen LogP) is 5.23. The third-order valence-electron chi connectivity index (χ3n) is 6.96. The molecule has 0 N–H and O–H groups in total. The number of benzene rings is 1. The van der Waals surface area contributed by atoms with E-state index in [0.29, 0.717) is 12.0 Å². The Hall–Kier alpha value is -1.02. The Kier molecular flexibility index (Phi) is 4.85. The Bertz CT molecular complexity index is 549. The van der Waals surface area contributed by atoms with Crippen LogP contribution < -0.4 is 4.74 Å². The SMILES string of the molecule is CCC(C)Oc1ccccc1C1CCN([C@H]2C[C@H]3CC[C@H]2C3)CC1. The molecule has 4 rings (SSSR count). The average molecular weight is 328 g/mol. The number of hydrogen-bond donors (Lipinski definition) is 0. The van der Waals surface area contributed by atoms with Crippen molar-refractivity contribution in [3.63, 3.8) is 0 Å². The number of para-hydroxylation sites is 1. The Labute approximate surface area is 147 Å². The van der Waals surface area contributed by atoms with Crippen LogP contribution in [0.1, 0.15) is 70.3 Å². The number of hydrogen-bond acceptors (Lipinski definition) is 2. The number of likely N-dealkylation sites (tertiary alicyclic amines) is 1. The van der Waals surface area contributed by atoms with Crippen LogP contribution >= 0.6 is 0 Å². The first-order valence-electron chi connectivity index (χ1n) is 10.2. The van der Waals surface area contributed by atoms with Gasteiger partial charge in [0.1, 0.15) is 5.75 Å². The molecule has 2 bridgehead atoms. The fraction of sp³-hybridized carbons (Fsp3) is 0.727. The van der Waals surface area contributed by atoms with Crippen LogP contribution in [0.25, 0.3) is 0 Å². The molecular weight excluding hydrogens is 294 g/mol. The van der Waals surface area contributed by atoms with Gasteiger partial charge in [0, 0.05) is 6.04 Å². The Balaban J connectivity index is 1.39. The predicted molar refractivity (Wildman–Crippen MR) is 99.6 cm³/mol. The van der Waals surface area contributed by atoms with Crippen LogP contribution in [0.4, 0.5) is 0 Å². The molecule has 1 aliphatic heterocycles. The molecule has 1 heterocycles. The number of ether oxygens (including phenoxy) is 1. The van der Waals surface area contributed by atoms with Gasteiger partial charge in [-0.25, -0.2) is 0 Å². The number of fused-ring (bicyclic) bond motifs is 2. The Morgan fingerprint density at radius 1 is 1.08 bits per heavy atom. The number of nitrogens with zero attached hydrogens (tertiary/aromatic N) is 1. The van der Waals surface area contributed by atoms with Gasteiger partial charge in [0.15, 0.2) is 0 Å². The summed E-state index contributed by atoms with van der Waals surface area (Å²) < 4.78 is 6.20. The van der Waals surface area contributed by atoms with Gasteiger partial charge >= 0.3 is 0 Å². The van der Waals surface area contributed by atoms with E-state index in [4.69, 9.17) is 4.74 Å². The molecule has 0 radical (unpaired) electrons. The highest BCUT2D eigenvalue weighted by atomic mass is 16.5. The fourth-order valence-electron chi connectivity index (χ4n) is 5.43. The second-order valence-electron chi connectivity index (χ2n) is 8.43. The second kappa shape index (κ2) is 7.07. The summed E-state index contributed by atoms with van der Waals surface area (Å²) in [4.78, 5) is 2.83. The van der Waals surface area contributed by atoms with E-state index in [1.54, 1.807) is 0 Å². The van der Waals surface area contributed by atoms with Gasteiger partial charge < -0.3 is 9.64 Å². The maximum atomic E-state index is 6.20. The topological polar surface area (TPSA) is 12.5 Å². The molecular formula is C22H33NO. The summed E-state index contributed by atoms with van der Waals surface area (Å²) >= 11 is 0. The zero-order valence-electron chi connectivity index (χ0n) is 15.4. The first kappa shape index (κ1) is 16.4. The number of rotatable bonds is 5. The van der Waals surface area contributed by atoms with Crippen LogP contribution in [0.3, 0.4) is 0 Å². The van der Waals surface area contributed by atoms with E-state index >= 15 is 0 Å². The van der Waals surface area contributed by atoms with E-state index in [1.165, 1.54) is 57.2 Å². The minimum Gasteiger partial charge on any atom is -0.490 e. The summed E-state index contributed by atoms with van der Waals surface area (Å²) in [6.45, 7) is 6.95. The molecule has 1 saturated heterocycles. The molecule has 0 spiro atoms. The molecule has 2 aliphatic carbocycles. The summed E-state index contributed by atoms with van der Waals surface area (Å²) in [5, 5.41) is 0. The fourth-order valence-corrected chi connectivity index (χ4v) is 5.43. The van der Waals surface area contributed by atoms with Crippen molar-refractivity contribution in [2.75, 3.05) is 13.1 Å². The van der Waals surface area contributed by atoms with Crippen LogP contribution in [0.15, 0.2) is 24.3 Å². The van der Waals surface area contributed by atoms with E-state index in [9.17, 15) is 0 Å². The lowest BCUT2D eigenvalue weighted by Crippen LogP contribution is -2.43. The van der Waals surface area contributed by atoms with E-state index in [0.717, 1.165) is 30.0 Å². The van der Waals surface area contributed by atoms with Gasteiger partial charge in [0.2, 0.25) is 0 Å². The van der Waals surface area contributed by atoms with E-state index < -0.39 is 0 Å². The van der Waals surface area contributed by atoms with Crippen LogP contribution in [0.2, 0.25) is 0 Å². The lowest BCUT2D eigenvalue weighted by molar-refractivity contribution is 0.109. The molecule has 2 nitrogen and oxygen atoms in total. The summed E-state index contributed by atoms with van der Waals surface area (Å²) in [5.74, 6) is 3.89. The van der Waals surface area contributed by atoms with Crippen molar-refractivity contribution in [1.82, 2.24) is 4.90 Å². The van der Waals surface area contributed by atoms with E-state index in [1.807, 2.05) is 0 Å². The van der Waals surface area contributed by atoms with Crippen LogP contribution in [-0.2, 0) is 0 Å². The summed E-state index contributed by atoms with van der Waals surface area (Å²) in [6, 6.07) is 9.68. The van der Waals surface area contributed by atoms with Crippen molar-refractivity contribution in [1.29, 1.82) is 0 Å². The van der Waals surface area contributed by atoms with Gasteiger partial charge in [-0.2, -0.15) is 0 Å². The molecule has 132 valence electrons. The second-order valence-corrected chi connectivity index (χ2v) is 8.43. The van der Waals surface area contributed by atoms with Crippen molar-refractivity contribution in [3.8, 4) is 5.75 Å². The zero-order valence-corrected chi connectivity index (χ0v) is 15.4. The molecule has 1 aromatic rings. The van der Waals surface area contributed by atoms with E-state index in [-0.39, 0.29) is 0 Å². The van der Waals surface area contributed by atoms with Crippen LogP contribution in [0, 0.1) is 11.8 Å². The van der Waals surface area contributed by atoms with Crippen LogP contribution in [0.5, 0.6) is 5.75 Å². The molecule has 3 aliphatic rings. The number of piperidine rings is 1. The highest BCUT2D eigenvalue weighted by Crippen LogP contribution is 2.47. The maximum absolute atomic E-state index is 6.20. The molecule has 3 fully saturated rings. The maximum Gasteiger partial charge on any atom is 0.123 e. The van der Waals surface area contributed by atoms with E-state index in [2.05, 4.69) is 43.0 Å². The highest BCUT2D eigenvalue weighted by Gasteiger charge is 2.43. The summed E-state index contributed by atoms with van der Waals surface area (Å²) in [5.41, 5.74) is 1.45. The Morgan fingerprint density at radius 2 is 1.88 bits per heavy atom. The van der Waals surface area contributed by atoms with Crippen molar-refractivity contribution in [2.24, 2.45) is 11.8 Å². The van der Waals surface area contributed by atoms with Crippen molar-refractivity contribution in [3.05, 3.63) is 29.8 Å². The molecule has 4 atom stereocenters. The third-order valence-corrected chi connectivity index (χ3v) is 6.96.